The van der Waals surface area contributed by atoms with Gasteiger partial charge >= 0.3 is 6.03 Å². The highest BCUT2D eigenvalue weighted by molar-refractivity contribution is 5.96. The summed E-state index contributed by atoms with van der Waals surface area (Å²) in [4.78, 5) is 15.3. The molecule has 4 N–H and O–H groups in total. The van der Waals surface area contributed by atoms with Crippen LogP contribution in [0.1, 0.15) is 26.3 Å². The van der Waals surface area contributed by atoms with Crippen molar-refractivity contribution in [3.05, 3.63) is 29.6 Å². The first-order chi connectivity index (χ1) is 8.67. The number of nitrogens with two attached hydrogens (primary N) is 1. The van der Waals surface area contributed by atoms with Crippen LogP contribution in [0.2, 0.25) is 0 Å². The number of benzene rings is 1. The van der Waals surface area contributed by atoms with Gasteiger partial charge in [-0.2, -0.15) is 0 Å². The van der Waals surface area contributed by atoms with Gasteiger partial charge in [-0.15, -0.1) is 0 Å². The Morgan fingerprint density at radius 3 is 2.53 bits per heavy atom. The quantitative estimate of drug-likeness (QED) is 0.538. The second-order valence-corrected chi connectivity index (χ2v) is 5.28. The van der Waals surface area contributed by atoms with Gasteiger partial charge in [0.25, 0.3) is 0 Å². The zero-order valence-corrected chi connectivity index (χ0v) is 11.5. The third kappa shape index (κ3) is 5.37. The van der Waals surface area contributed by atoms with Crippen LogP contribution in [-0.2, 0) is 0 Å². The molecule has 1 aromatic carbocycles. The van der Waals surface area contributed by atoms with Crippen LogP contribution in [0.15, 0.2) is 23.2 Å². The summed E-state index contributed by atoms with van der Waals surface area (Å²) in [6.07, 6.45) is 0. The first kappa shape index (κ1) is 14.9. The van der Waals surface area contributed by atoms with E-state index in [9.17, 15) is 9.18 Å². The van der Waals surface area contributed by atoms with E-state index in [4.69, 9.17) is 5.73 Å². The molecule has 6 heteroatoms. The molecule has 0 spiro atoms. The second-order valence-electron chi connectivity index (χ2n) is 5.28. The van der Waals surface area contributed by atoms with E-state index >= 15 is 0 Å². The lowest BCUT2D eigenvalue weighted by Crippen LogP contribution is -2.50. The van der Waals surface area contributed by atoms with Gasteiger partial charge in [-0.25, -0.2) is 14.2 Å². The molecule has 0 fully saturated rings. The average molecular weight is 266 g/mol. The van der Waals surface area contributed by atoms with Crippen LogP contribution in [-0.4, -0.2) is 17.5 Å². The van der Waals surface area contributed by atoms with Crippen LogP contribution in [0, 0.1) is 12.7 Å². The largest absolute Gasteiger partial charge is 0.369 e. The topological polar surface area (TPSA) is 79.5 Å². The number of hydrogen-bond acceptors (Lipinski definition) is 2. The Balaban J connectivity index is 2.74. The first-order valence-corrected chi connectivity index (χ1v) is 5.87. The van der Waals surface area contributed by atoms with Crippen LogP contribution in [0.25, 0.3) is 0 Å². The van der Waals surface area contributed by atoms with Gasteiger partial charge in [0.05, 0.1) is 0 Å². The van der Waals surface area contributed by atoms with Crippen LogP contribution in [0.5, 0.6) is 0 Å². The first-order valence-electron chi connectivity index (χ1n) is 5.87. The molecule has 0 heterocycles. The second kappa shape index (κ2) is 5.69. The molecule has 5 nitrogen and oxygen atoms in total. The molecule has 1 rings (SSSR count). The summed E-state index contributed by atoms with van der Waals surface area (Å²) in [5, 5.41) is 4.99. The number of aliphatic imine (C=N–C) groups is 1. The van der Waals surface area contributed by atoms with E-state index in [0.29, 0.717) is 0 Å². The smallest absolute Gasteiger partial charge is 0.321 e. The van der Waals surface area contributed by atoms with E-state index < -0.39 is 11.8 Å². The maximum Gasteiger partial charge on any atom is 0.321 e. The monoisotopic (exact) mass is 266 g/mol. The van der Waals surface area contributed by atoms with Crippen molar-refractivity contribution in [3.63, 3.8) is 0 Å². The Morgan fingerprint density at radius 2 is 2.00 bits per heavy atom. The standard InChI is InChI=1S/C13H19FN4O/c1-8-5-6-10(9(14)7-8)16-11(15)17-12(19)18-13(2,3)4/h5-7H,1-4H3,(H4,15,16,17,18,19). The number of urea groups is 1. The molecule has 0 aliphatic rings. The summed E-state index contributed by atoms with van der Waals surface area (Å²) in [6.45, 7) is 7.27. The molecular weight excluding hydrogens is 247 g/mol. The van der Waals surface area contributed by atoms with Crippen LogP contribution >= 0.6 is 0 Å². The van der Waals surface area contributed by atoms with Crippen molar-refractivity contribution < 1.29 is 9.18 Å². The molecule has 0 aliphatic heterocycles. The van der Waals surface area contributed by atoms with E-state index in [2.05, 4.69) is 15.6 Å². The van der Waals surface area contributed by atoms with Crippen molar-refractivity contribution in [2.75, 3.05) is 0 Å². The lowest BCUT2D eigenvalue weighted by molar-refractivity contribution is 0.236. The maximum atomic E-state index is 13.5. The predicted octanol–water partition coefficient (Wildman–Crippen LogP) is 2.18. The normalized spacial score (nSPS) is 12.2. The van der Waals surface area contributed by atoms with Crippen molar-refractivity contribution in [1.82, 2.24) is 10.6 Å². The molecule has 0 aromatic heterocycles. The molecule has 19 heavy (non-hydrogen) atoms. The van der Waals surface area contributed by atoms with Crippen molar-refractivity contribution in [2.24, 2.45) is 10.7 Å². The number of aryl methyl sites for hydroxylation is 1. The Morgan fingerprint density at radius 1 is 1.37 bits per heavy atom. The number of nitrogens with one attached hydrogen (secondary N) is 2. The van der Waals surface area contributed by atoms with Gasteiger partial charge in [-0.05, 0) is 45.4 Å². The predicted molar refractivity (Wildman–Crippen MR) is 73.8 cm³/mol. The number of amides is 2. The third-order valence-electron chi connectivity index (χ3n) is 2.07. The molecule has 0 saturated carbocycles. The number of guanidine groups is 1. The van der Waals surface area contributed by atoms with E-state index in [-0.39, 0.29) is 17.2 Å². The minimum absolute atomic E-state index is 0.0826. The molecule has 0 aliphatic carbocycles. The summed E-state index contributed by atoms with van der Waals surface area (Å²) in [5.41, 5.74) is 6.02. The molecule has 0 unspecified atom stereocenters. The molecule has 2 amide bonds. The fourth-order valence-electron chi connectivity index (χ4n) is 1.35. The van der Waals surface area contributed by atoms with Gasteiger partial charge in [0.15, 0.2) is 0 Å². The Labute approximate surface area is 112 Å². The van der Waals surface area contributed by atoms with E-state index in [1.54, 1.807) is 13.0 Å². The highest BCUT2D eigenvalue weighted by atomic mass is 19.1. The van der Waals surface area contributed by atoms with Crippen LogP contribution in [0.3, 0.4) is 0 Å². The maximum absolute atomic E-state index is 13.5. The Kier molecular flexibility index (Phi) is 4.47. The van der Waals surface area contributed by atoms with E-state index in [1.165, 1.54) is 12.1 Å². The van der Waals surface area contributed by atoms with Gasteiger partial charge in [0, 0.05) is 5.54 Å². The van der Waals surface area contributed by atoms with Crippen molar-refractivity contribution in [1.29, 1.82) is 0 Å². The summed E-state index contributed by atoms with van der Waals surface area (Å²) in [6, 6.07) is 4.08. The zero-order chi connectivity index (χ0) is 14.6. The van der Waals surface area contributed by atoms with Crippen molar-refractivity contribution in [2.45, 2.75) is 33.2 Å². The number of carbonyl (C=O) groups excluding carboxylic acids is 1. The lowest BCUT2D eigenvalue weighted by Gasteiger charge is -2.20. The average Bonchev–Trinajstić information content (AvgIpc) is 2.19. The summed E-state index contributed by atoms with van der Waals surface area (Å²) >= 11 is 0. The Hall–Kier alpha value is -2.11. The highest BCUT2D eigenvalue weighted by Gasteiger charge is 2.14. The molecule has 0 bridgehead atoms. The SMILES string of the molecule is Cc1ccc(N=C(N)NC(=O)NC(C)(C)C)c(F)c1. The number of nitrogens with zero attached hydrogens (tertiary/aromatic N) is 1. The molecule has 1 aromatic rings. The van der Waals surface area contributed by atoms with Crippen LogP contribution in [0.4, 0.5) is 14.9 Å². The molecule has 0 radical (unpaired) electrons. The number of hydrogen-bond donors (Lipinski definition) is 3. The minimum atomic E-state index is -0.485. The minimum Gasteiger partial charge on any atom is -0.369 e. The Bertz CT molecular complexity index is 506. The molecule has 0 atom stereocenters. The molecule has 0 saturated heterocycles. The van der Waals surface area contributed by atoms with Gasteiger partial charge in [-0.3, -0.25) is 5.32 Å². The van der Waals surface area contributed by atoms with Crippen molar-refractivity contribution in [3.8, 4) is 0 Å². The highest BCUT2D eigenvalue weighted by Crippen LogP contribution is 2.18. The van der Waals surface area contributed by atoms with Gasteiger partial charge in [-0.1, -0.05) is 6.07 Å². The molecule has 104 valence electrons. The van der Waals surface area contributed by atoms with Gasteiger partial charge in [0.1, 0.15) is 11.5 Å². The number of carbonyl (C=O) groups is 1. The lowest BCUT2D eigenvalue weighted by atomic mass is 10.1. The summed E-state index contributed by atoms with van der Waals surface area (Å²) < 4.78 is 13.5. The van der Waals surface area contributed by atoms with Crippen LogP contribution < -0.4 is 16.4 Å². The number of rotatable bonds is 1. The van der Waals surface area contributed by atoms with Crippen molar-refractivity contribution >= 4 is 17.7 Å². The van der Waals surface area contributed by atoms with Gasteiger partial charge < -0.3 is 11.1 Å². The van der Waals surface area contributed by atoms with Gasteiger partial charge in [0.2, 0.25) is 5.96 Å². The third-order valence-corrected chi connectivity index (χ3v) is 2.07. The van der Waals surface area contributed by atoms with E-state index in [1.807, 2.05) is 20.8 Å². The summed E-state index contributed by atoms with van der Waals surface area (Å²) in [7, 11) is 0. The zero-order valence-electron chi connectivity index (χ0n) is 11.5. The fourth-order valence-corrected chi connectivity index (χ4v) is 1.35. The summed E-state index contributed by atoms with van der Waals surface area (Å²) in [5.74, 6) is -0.648. The molecular formula is C13H19FN4O. The fraction of sp³-hybridized carbons (Fsp3) is 0.385. The number of halogens is 1. The van der Waals surface area contributed by atoms with E-state index in [0.717, 1.165) is 5.56 Å².